The second kappa shape index (κ2) is 5.58. The first-order chi connectivity index (χ1) is 5.87. The van der Waals surface area contributed by atoms with E-state index in [0.717, 1.165) is 12.8 Å². The lowest BCUT2D eigenvalue weighted by molar-refractivity contribution is 0.0510. The van der Waals surface area contributed by atoms with Gasteiger partial charge < -0.3 is 15.5 Å². The van der Waals surface area contributed by atoms with Crippen molar-refractivity contribution in [3.05, 3.63) is 0 Å². The van der Waals surface area contributed by atoms with Gasteiger partial charge in [0.05, 0.1) is 11.7 Å². The molecule has 0 amide bonds. The van der Waals surface area contributed by atoms with E-state index >= 15 is 0 Å². The van der Waals surface area contributed by atoms with Gasteiger partial charge in [-0.25, -0.2) is 0 Å². The van der Waals surface area contributed by atoms with E-state index in [1.165, 1.54) is 0 Å². The van der Waals surface area contributed by atoms with Crippen molar-refractivity contribution in [3.63, 3.8) is 0 Å². The third kappa shape index (κ3) is 6.99. The van der Waals surface area contributed by atoms with Crippen LogP contribution in [-0.4, -0.2) is 34.5 Å². The molecule has 0 aliphatic heterocycles. The van der Waals surface area contributed by atoms with Crippen LogP contribution < -0.4 is 5.32 Å². The Morgan fingerprint density at radius 3 is 2.31 bits per heavy atom. The maximum atomic E-state index is 9.68. The number of hydrogen-bond donors (Lipinski definition) is 3. The molecule has 3 unspecified atom stereocenters. The van der Waals surface area contributed by atoms with Crippen molar-refractivity contribution in [2.75, 3.05) is 6.54 Å². The molecule has 0 spiro atoms. The van der Waals surface area contributed by atoms with Crippen molar-refractivity contribution < 1.29 is 10.2 Å². The molecule has 0 saturated heterocycles. The van der Waals surface area contributed by atoms with Gasteiger partial charge in [0, 0.05) is 12.6 Å². The average Bonchev–Trinajstić information content (AvgIpc) is 2.00. The molecule has 0 radical (unpaired) electrons. The first-order valence-corrected chi connectivity index (χ1v) is 5.01. The Labute approximate surface area is 81.2 Å². The summed E-state index contributed by atoms with van der Waals surface area (Å²) in [7, 11) is 0. The number of hydrogen-bond acceptors (Lipinski definition) is 3. The molecule has 0 heterocycles. The fourth-order valence-electron chi connectivity index (χ4n) is 1.11. The van der Waals surface area contributed by atoms with E-state index in [0.29, 0.717) is 6.54 Å². The van der Waals surface area contributed by atoms with Gasteiger partial charge in [0.2, 0.25) is 0 Å². The predicted molar refractivity (Wildman–Crippen MR) is 54.7 cm³/mol. The molecular weight excluding hydrogens is 166 g/mol. The largest absolute Gasteiger partial charge is 0.393 e. The second-order valence-corrected chi connectivity index (χ2v) is 4.22. The van der Waals surface area contributed by atoms with Crippen LogP contribution in [0.3, 0.4) is 0 Å². The fraction of sp³-hybridized carbons (Fsp3) is 1.00. The van der Waals surface area contributed by atoms with E-state index in [-0.39, 0.29) is 12.1 Å². The SMILES string of the molecule is CCC(C)(O)CNC(C)CC(C)O. The topological polar surface area (TPSA) is 52.5 Å². The van der Waals surface area contributed by atoms with Crippen LogP contribution in [0, 0.1) is 0 Å². The van der Waals surface area contributed by atoms with Crippen LogP contribution in [0.4, 0.5) is 0 Å². The van der Waals surface area contributed by atoms with E-state index in [4.69, 9.17) is 5.11 Å². The summed E-state index contributed by atoms with van der Waals surface area (Å²) in [6.45, 7) is 8.14. The molecule has 3 heteroatoms. The molecule has 3 atom stereocenters. The quantitative estimate of drug-likeness (QED) is 0.582. The van der Waals surface area contributed by atoms with Gasteiger partial charge in [-0.3, -0.25) is 0 Å². The lowest BCUT2D eigenvalue weighted by Crippen LogP contribution is -2.41. The maximum absolute atomic E-state index is 9.68. The van der Waals surface area contributed by atoms with Crippen molar-refractivity contribution >= 4 is 0 Å². The molecule has 0 fully saturated rings. The first-order valence-electron chi connectivity index (χ1n) is 5.01. The summed E-state index contributed by atoms with van der Waals surface area (Å²) in [6.07, 6.45) is 1.18. The van der Waals surface area contributed by atoms with Crippen LogP contribution >= 0.6 is 0 Å². The standard InChI is InChI=1S/C10H23NO2/c1-5-10(4,13)7-11-8(2)6-9(3)12/h8-9,11-13H,5-7H2,1-4H3. The molecule has 0 bridgehead atoms. The highest BCUT2D eigenvalue weighted by Crippen LogP contribution is 2.07. The fourth-order valence-corrected chi connectivity index (χ4v) is 1.11. The number of aliphatic hydroxyl groups excluding tert-OH is 1. The Bertz CT molecular complexity index is 135. The summed E-state index contributed by atoms with van der Waals surface area (Å²) < 4.78 is 0. The summed E-state index contributed by atoms with van der Waals surface area (Å²) in [6, 6.07) is 0.248. The minimum atomic E-state index is -0.632. The van der Waals surface area contributed by atoms with Gasteiger partial charge >= 0.3 is 0 Å². The maximum Gasteiger partial charge on any atom is 0.0741 e. The lowest BCUT2D eigenvalue weighted by Gasteiger charge is -2.25. The molecule has 13 heavy (non-hydrogen) atoms. The minimum absolute atomic E-state index is 0.248. The molecular formula is C10H23NO2. The van der Waals surface area contributed by atoms with Gasteiger partial charge in [0.15, 0.2) is 0 Å². The van der Waals surface area contributed by atoms with E-state index < -0.39 is 5.60 Å². The third-order valence-electron chi connectivity index (χ3n) is 2.29. The summed E-state index contributed by atoms with van der Waals surface area (Å²) >= 11 is 0. The normalized spacial score (nSPS) is 20.8. The van der Waals surface area contributed by atoms with Crippen molar-refractivity contribution in [1.29, 1.82) is 0 Å². The molecule has 0 rings (SSSR count). The monoisotopic (exact) mass is 189 g/mol. The number of nitrogens with one attached hydrogen (secondary N) is 1. The van der Waals surface area contributed by atoms with Crippen LogP contribution in [0.15, 0.2) is 0 Å². The molecule has 0 aliphatic carbocycles. The van der Waals surface area contributed by atoms with Crippen LogP contribution in [0.5, 0.6) is 0 Å². The average molecular weight is 189 g/mol. The number of rotatable bonds is 6. The van der Waals surface area contributed by atoms with Gasteiger partial charge in [-0.15, -0.1) is 0 Å². The molecule has 0 aromatic carbocycles. The summed E-state index contributed by atoms with van der Waals surface area (Å²) in [5, 5.41) is 22.0. The van der Waals surface area contributed by atoms with Crippen LogP contribution in [0.2, 0.25) is 0 Å². The van der Waals surface area contributed by atoms with E-state index in [9.17, 15) is 5.11 Å². The molecule has 0 aromatic heterocycles. The lowest BCUT2D eigenvalue weighted by atomic mass is 10.0. The minimum Gasteiger partial charge on any atom is -0.393 e. The summed E-state index contributed by atoms with van der Waals surface area (Å²) in [5.41, 5.74) is -0.632. The van der Waals surface area contributed by atoms with Gasteiger partial charge in [0.25, 0.3) is 0 Å². The van der Waals surface area contributed by atoms with E-state index in [2.05, 4.69) is 5.32 Å². The van der Waals surface area contributed by atoms with Crippen molar-refractivity contribution in [3.8, 4) is 0 Å². The predicted octanol–water partition coefficient (Wildman–Crippen LogP) is 0.896. The van der Waals surface area contributed by atoms with Gasteiger partial charge in [-0.1, -0.05) is 6.92 Å². The first kappa shape index (κ1) is 12.9. The van der Waals surface area contributed by atoms with Gasteiger partial charge in [-0.05, 0) is 33.6 Å². The van der Waals surface area contributed by atoms with Gasteiger partial charge in [0.1, 0.15) is 0 Å². The molecule has 0 aromatic rings. The zero-order valence-corrected chi connectivity index (χ0v) is 9.17. The van der Waals surface area contributed by atoms with E-state index in [1.807, 2.05) is 20.8 Å². The Morgan fingerprint density at radius 2 is 1.92 bits per heavy atom. The van der Waals surface area contributed by atoms with E-state index in [1.54, 1.807) is 6.92 Å². The second-order valence-electron chi connectivity index (χ2n) is 4.22. The molecule has 0 saturated carbocycles. The van der Waals surface area contributed by atoms with Crippen molar-refractivity contribution in [2.45, 2.75) is 58.3 Å². The number of aliphatic hydroxyl groups is 2. The van der Waals surface area contributed by atoms with Crippen molar-refractivity contribution in [2.24, 2.45) is 0 Å². The third-order valence-corrected chi connectivity index (χ3v) is 2.29. The zero-order valence-electron chi connectivity index (χ0n) is 9.17. The summed E-state index contributed by atoms with van der Waals surface area (Å²) in [5.74, 6) is 0. The Balaban J connectivity index is 3.63. The van der Waals surface area contributed by atoms with Crippen molar-refractivity contribution in [1.82, 2.24) is 5.32 Å². The Morgan fingerprint density at radius 1 is 1.38 bits per heavy atom. The molecule has 3 nitrogen and oxygen atoms in total. The van der Waals surface area contributed by atoms with Crippen LogP contribution in [0.1, 0.15) is 40.5 Å². The highest BCUT2D eigenvalue weighted by Gasteiger charge is 2.18. The van der Waals surface area contributed by atoms with Crippen LogP contribution in [0.25, 0.3) is 0 Å². The highest BCUT2D eigenvalue weighted by molar-refractivity contribution is 4.76. The molecule has 0 aliphatic rings. The Kier molecular flexibility index (Phi) is 5.53. The summed E-state index contributed by atoms with van der Waals surface area (Å²) in [4.78, 5) is 0. The smallest absolute Gasteiger partial charge is 0.0741 e. The zero-order chi connectivity index (χ0) is 10.5. The molecule has 3 N–H and O–H groups in total. The highest BCUT2D eigenvalue weighted by atomic mass is 16.3. The van der Waals surface area contributed by atoms with Crippen LogP contribution in [-0.2, 0) is 0 Å². The van der Waals surface area contributed by atoms with Gasteiger partial charge in [-0.2, -0.15) is 0 Å². The Hall–Kier alpha value is -0.120. The molecule has 80 valence electrons.